The molecule has 0 aromatic rings. The molecule has 1 amide bonds. The van der Waals surface area contributed by atoms with Gasteiger partial charge in [0.25, 0.3) is 0 Å². The van der Waals surface area contributed by atoms with Gasteiger partial charge in [0.1, 0.15) is 11.4 Å². The van der Waals surface area contributed by atoms with Crippen molar-refractivity contribution in [1.29, 1.82) is 0 Å². The van der Waals surface area contributed by atoms with Crippen LogP contribution in [0, 0.1) is 0 Å². The molecule has 0 aromatic heterocycles. The van der Waals surface area contributed by atoms with Crippen LogP contribution in [0.3, 0.4) is 0 Å². The fourth-order valence-electron chi connectivity index (χ4n) is 1.19. The SMILES string of the molecule is CCC(=O)CC(CC)NC(=O)OC(C)(C)C. The number of rotatable bonds is 5. The summed E-state index contributed by atoms with van der Waals surface area (Å²) in [6.45, 7) is 9.19. The molecule has 1 N–H and O–H groups in total. The minimum Gasteiger partial charge on any atom is -0.444 e. The van der Waals surface area contributed by atoms with Gasteiger partial charge in [-0.2, -0.15) is 0 Å². The number of hydrogen-bond acceptors (Lipinski definition) is 3. The number of ether oxygens (including phenoxy) is 1. The summed E-state index contributed by atoms with van der Waals surface area (Å²) in [6.07, 6.45) is 1.16. The Morgan fingerprint density at radius 1 is 1.25 bits per heavy atom. The molecule has 1 atom stereocenters. The minimum atomic E-state index is -0.503. The number of carbonyl (C=O) groups excluding carboxylic acids is 2. The minimum absolute atomic E-state index is 0.123. The van der Waals surface area contributed by atoms with Crippen molar-refractivity contribution in [2.45, 2.75) is 65.5 Å². The highest BCUT2D eigenvalue weighted by molar-refractivity contribution is 5.79. The Morgan fingerprint density at radius 3 is 2.19 bits per heavy atom. The lowest BCUT2D eigenvalue weighted by Crippen LogP contribution is -2.39. The Morgan fingerprint density at radius 2 is 1.81 bits per heavy atom. The van der Waals surface area contributed by atoms with Gasteiger partial charge >= 0.3 is 6.09 Å². The molecule has 0 aliphatic rings. The fourth-order valence-corrected chi connectivity index (χ4v) is 1.19. The Labute approximate surface area is 97.7 Å². The molecule has 0 aliphatic carbocycles. The summed E-state index contributed by atoms with van der Waals surface area (Å²) < 4.78 is 5.12. The predicted octanol–water partition coefficient (Wildman–Crippen LogP) is 2.66. The third kappa shape index (κ3) is 7.26. The molecule has 0 spiro atoms. The second kappa shape index (κ2) is 6.51. The lowest BCUT2D eigenvalue weighted by Gasteiger charge is -2.22. The van der Waals surface area contributed by atoms with Crippen LogP contribution >= 0.6 is 0 Å². The lowest BCUT2D eigenvalue weighted by molar-refractivity contribution is -0.119. The van der Waals surface area contributed by atoms with Crippen LogP contribution in [0.2, 0.25) is 0 Å². The van der Waals surface area contributed by atoms with E-state index in [0.29, 0.717) is 12.8 Å². The molecular formula is C12H23NO3. The van der Waals surface area contributed by atoms with Crippen molar-refractivity contribution in [2.75, 3.05) is 0 Å². The highest BCUT2D eigenvalue weighted by atomic mass is 16.6. The Bertz CT molecular complexity index is 243. The topological polar surface area (TPSA) is 55.4 Å². The van der Waals surface area contributed by atoms with Crippen LogP contribution in [-0.2, 0) is 9.53 Å². The first-order valence-corrected chi connectivity index (χ1v) is 5.79. The summed E-state index contributed by atoms with van der Waals surface area (Å²) in [7, 11) is 0. The van der Waals surface area contributed by atoms with Gasteiger partial charge in [-0.05, 0) is 27.2 Å². The molecule has 0 aromatic carbocycles. The quantitative estimate of drug-likeness (QED) is 0.788. The summed E-state index contributed by atoms with van der Waals surface area (Å²) in [5.41, 5.74) is -0.503. The van der Waals surface area contributed by atoms with E-state index >= 15 is 0 Å². The summed E-state index contributed by atoms with van der Waals surface area (Å²) in [5, 5.41) is 2.71. The molecule has 0 heterocycles. The van der Waals surface area contributed by atoms with Crippen molar-refractivity contribution in [3.63, 3.8) is 0 Å². The van der Waals surface area contributed by atoms with Gasteiger partial charge in [0.2, 0.25) is 0 Å². The first kappa shape index (κ1) is 14.9. The number of carbonyl (C=O) groups is 2. The first-order chi connectivity index (χ1) is 7.28. The number of ketones is 1. The van der Waals surface area contributed by atoms with Crippen LogP contribution in [0.4, 0.5) is 4.79 Å². The average Bonchev–Trinajstić information content (AvgIpc) is 2.13. The summed E-state index contributed by atoms with van der Waals surface area (Å²) >= 11 is 0. The van der Waals surface area contributed by atoms with Crippen LogP contribution in [0.25, 0.3) is 0 Å². The summed E-state index contributed by atoms with van der Waals surface area (Å²) in [5.74, 6) is 0.155. The van der Waals surface area contributed by atoms with Crippen LogP contribution in [0.5, 0.6) is 0 Å². The van der Waals surface area contributed by atoms with Crippen molar-refractivity contribution < 1.29 is 14.3 Å². The van der Waals surface area contributed by atoms with Gasteiger partial charge in [-0.3, -0.25) is 4.79 Å². The van der Waals surface area contributed by atoms with Crippen molar-refractivity contribution in [3.05, 3.63) is 0 Å². The fraction of sp³-hybridized carbons (Fsp3) is 0.833. The number of alkyl carbamates (subject to hydrolysis) is 1. The molecule has 0 radical (unpaired) electrons. The van der Waals surface area contributed by atoms with E-state index in [1.54, 1.807) is 0 Å². The molecule has 0 saturated heterocycles. The lowest BCUT2D eigenvalue weighted by atomic mass is 10.1. The standard InChI is InChI=1S/C12H23NO3/c1-6-9(8-10(14)7-2)13-11(15)16-12(3,4)5/h9H,6-8H2,1-5H3,(H,13,15). The predicted molar refractivity (Wildman–Crippen MR) is 63.4 cm³/mol. The van der Waals surface area contributed by atoms with Gasteiger partial charge in [0, 0.05) is 18.9 Å². The highest BCUT2D eigenvalue weighted by Gasteiger charge is 2.19. The maximum atomic E-state index is 11.5. The van der Waals surface area contributed by atoms with E-state index in [-0.39, 0.29) is 11.8 Å². The molecule has 0 aliphatic heterocycles. The zero-order valence-electron chi connectivity index (χ0n) is 10.9. The summed E-state index contributed by atoms with van der Waals surface area (Å²) in [4.78, 5) is 22.7. The highest BCUT2D eigenvalue weighted by Crippen LogP contribution is 2.08. The van der Waals surface area contributed by atoms with E-state index in [2.05, 4.69) is 5.32 Å². The number of hydrogen-bond donors (Lipinski definition) is 1. The van der Waals surface area contributed by atoms with Crippen LogP contribution in [0.15, 0.2) is 0 Å². The van der Waals surface area contributed by atoms with Gasteiger partial charge in [-0.1, -0.05) is 13.8 Å². The molecule has 1 unspecified atom stereocenters. The Balaban J connectivity index is 4.12. The van der Waals surface area contributed by atoms with Gasteiger partial charge in [0.05, 0.1) is 0 Å². The molecule has 0 bridgehead atoms. The third-order valence-electron chi connectivity index (χ3n) is 2.08. The van der Waals surface area contributed by atoms with Crippen molar-refractivity contribution in [3.8, 4) is 0 Å². The maximum Gasteiger partial charge on any atom is 0.407 e. The van der Waals surface area contributed by atoms with Crippen molar-refractivity contribution >= 4 is 11.9 Å². The second-order valence-electron chi connectivity index (χ2n) is 4.85. The van der Waals surface area contributed by atoms with E-state index in [9.17, 15) is 9.59 Å². The van der Waals surface area contributed by atoms with Gasteiger partial charge in [0.15, 0.2) is 0 Å². The second-order valence-corrected chi connectivity index (χ2v) is 4.85. The van der Waals surface area contributed by atoms with Crippen LogP contribution in [0.1, 0.15) is 53.9 Å². The first-order valence-electron chi connectivity index (χ1n) is 5.79. The number of nitrogens with one attached hydrogen (secondary N) is 1. The normalized spacial score (nSPS) is 13.1. The van der Waals surface area contributed by atoms with Gasteiger partial charge in [-0.15, -0.1) is 0 Å². The van der Waals surface area contributed by atoms with Crippen molar-refractivity contribution in [2.24, 2.45) is 0 Å². The van der Waals surface area contributed by atoms with E-state index in [4.69, 9.17) is 4.74 Å². The third-order valence-corrected chi connectivity index (χ3v) is 2.08. The van der Waals surface area contributed by atoms with Gasteiger partial charge < -0.3 is 10.1 Å². The maximum absolute atomic E-state index is 11.5. The molecule has 16 heavy (non-hydrogen) atoms. The molecule has 4 heteroatoms. The van der Waals surface area contributed by atoms with E-state index in [1.165, 1.54) is 0 Å². The summed E-state index contributed by atoms with van der Waals surface area (Å²) in [6, 6.07) is -0.123. The Hall–Kier alpha value is -1.06. The van der Waals surface area contributed by atoms with E-state index in [1.807, 2.05) is 34.6 Å². The average molecular weight is 229 g/mol. The van der Waals surface area contributed by atoms with Gasteiger partial charge in [-0.25, -0.2) is 4.79 Å². The molecule has 0 rings (SSSR count). The van der Waals surface area contributed by atoms with Crippen LogP contribution in [-0.4, -0.2) is 23.5 Å². The largest absolute Gasteiger partial charge is 0.444 e. The van der Waals surface area contributed by atoms with Crippen LogP contribution < -0.4 is 5.32 Å². The zero-order valence-corrected chi connectivity index (χ0v) is 10.9. The molecule has 4 nitrogen and oxygen atoms in total. The molecular weight excluding hydrogens is 206 g/mol. The number of amides is 1. The van der Waals surface area contributed by atoms with Crippen molar-refractivity contribution in [1.82, 2.24) is 5.32 Å². The number of Topliss-reactive ketones (excluding diaryl/α,β-unsaturated/α-hetero) is 1. The molecule has 0 fully saturated rings. The molecule has 0 saturated carbocycles. The smallest absolute Gasteiger partial charge is 0.407 e. The monoisotopic (exact) mass is 229 g/mol. The van der Waals surface area contributed by atoms with E-state index < -0.39 is 11.7 Å². The molecule has 94 valence electrons. The van der Waals surface area contributed by atoms with E-state index in [0.717, 1.165) is 6.42 Å². The zero-order chi connectivity index (χ0) is 12.8. The Kier molecular flexibility index (Phi) is 6.08.